The summed E-state index contributed by atoms with van der Waals surface area (Å²) >= 11 is 2.19. The fraction of sp³-hybridized carbons (Fsp3) is 0.150. The molecule has 0 spiro atoms. The molecule has 1 amide bonds. The number of hydrogen-bond acceptors (Lipinski definition) is 3. The summed E-state index contributed by atoms with van der Waals surface area (Å²) in [4.78, 5) is 28.4. The molecule has 0 aliphatic rings. The van der Waals surface area contributed by atoms with E-state index in [1.165, 1.54) is 24.5 Å². The molecule has 1 aromatic heterocycles. The van der Waals surface area contributed by atoms with E-state index in [9.17, 15) is 22.8 Å². The van der Waals surface area contributed by atoms with Gasteiger partial charge >= 0.3 is 6.18 Å². The number of carbonyl (C=O) groups is 1. The van der Waals surface area contributed by atoms with Gasteiger partial charge in [0.15, 0.2) is 0 Å². The third kappa shape index (κ3) is 5.66. The minimum Gasteiger partial charge on any atom is -0.350 e. The van der Waals surface area contributed by atoms with Crippen LogP contribution in [-0.2, 0) is 24.1 Å². The second kappa shape index (κ2) is 8.76. The second-order valence-corrected chi connectivity index (χ2v) is 7.46. The van der Waals surface area contributed by atoms with Crippen LogP contribution in [0.15, 0.2) is 65.7 Å². The molecule has 29 heavy (non-hydrogen) atoms. The maximum atomic E-state index is 12.6. The largest absolute Gasteiger partial charge is 0.416 e. The first-order valence-electron chi connectivity index (χ1n) is 8.47. The standard InChI is InChI=1S/C20H15F3IN3O2/c21-20(22,23)15-5-3-14(4-6-15)17-9-19(29)27(12-26-17)11-18(28)25-10-13-1-7-16(24)8-2-13/h1-9,12H,10-11H2,(H,25,28). The van der Waals surface area contributed by atoms with Gasteiger partial charge in [0.05, 0.1) is 17.6 Å². The molecule has 3 aromatic rings. The fourth-order valence-electron chi connectivity index (χ4n) is 2.55. The highest BCUT2D eigenvalue weighted by Crippen LogP contribution is 2.30. The lowest BCUT2D eigenvalue weighted by Crippen LogP contribution is -2.31. The Morgan fingerprint density at radius 2 is 1.72 bits per heavy atom. The van der Waals surface area contributed by atoms with Gasteiger partial charge in [-0.1, -0.05) is 24.3 Å². The number of nitrogens with one attached hydrogen (secondary N) is 1. The van der Waals surface area contributed by atoms with E-state index in [1.807, 2.05) is 24.3 Å². The van der Waals surface area contributed by atoms with Crippen molar-refractivity contribution in [3.63, 3.8) is 0 Å². The van der Waals surface area contributed by atoms with Crippen LogP contribution in [0.5, 0.6) is 0 Å². The summed E-state index contributed by atoms with van der Waals surface area (Å²) in [5.74, 6) is -0.352. The predicted octanol–water partition coefficient (Wildman–Crippen LogP) is 3.85. The van der Waals surface area contributed by atoms with Crippen molar-refractivity contribution in [2.75, 3.05) is 0 Å². The van der Waals surface area contributed by atoms with Gasteiger partial charge in [0.2, 0.25) is 5.91 Å². The van der Waals surface area contributed by atoms with E-state index >= 15 is 0 Å². The number of alkyl halides is 3. The molecule has 1 N–H and O–H groups in total. The number of halogens is 4. The van der Waals surface area contributed by atoms with Crippen molar-refractivity contribution >= 4 is 28.5 Å². The van der Waals surface area contributed by atoms with Crippen molar-refractivity contribution in [3.05, 3.63) is 86.0 Å². The molecule has 0 aliphatic heterocycles. The van der Waals surface area contributed by atoms with Gasteiger partial charge in [-0.3, -0.25) is 14.2 Å². The fourth-order valence-corrected chi connectivity index (χ4v) is 2.91. The van der Waals surface area contributed by atoms with Crippen molar-refractivity contribution in [3.8, 4) is 11.3 Å². The molecule has 0 saturated heterocycles. The molecule has 3 rings (SSSR count). The van der Waals surface area contributed by atoms with E-state index in [0.717, 1.165) is 25.8 Å². The van der Waals surface area contributed by atoms with Crippen molar-refractivity contribution in [2.45, 2.75) is 19.3 Å². The molecule has 2 aromatic carbocycles. The summed E-state index contributed by atoms with van der Waals surface area (Å²) in [5, 5.41) is 2.73. The van der Waals surface area contributed by atoms with Crippen LogP contribution in [-0.4, -0.2) is 15.5 Å². The average molecular weight is 513 g/mol. The molecule has 0 saturated carbocycles. The monoisotopic (exact) mass is 513 g/mol. The van der Waals surface area contributed by atoms with Crippen LogP contribution in [0.3, 0.4) is 0 Å². The smallest absolute Gasteiger partial charge is 0.350 e. The Labute approximate surface area is 177 Å². The van der Waals surface area contributed by atoms with E-state index in [2.05, 4.69) is 32.9 Å². The third-order valence-corrected chi connectivity index (χ3v) is 4.82. The Kier molecular flexibility index (Phi) is 6.36. The minimum absolute atomic E-state index is 0.205. The molecule has 9 heteroatoms. The van der Waals surface area contributed by atoms with E-state index in [0.29, 0.717) is 12.1 Å². The summed E-state index contributed by atoms with van der Waals surface area (Å²) < 4.78 is 40.1. The highest BCUT2D eigenvalue weighted by atomic mass is 127. The minimum atomic E-state index is -4.43. The normalized spacial score (nSPS) is 11.3. The predicted molar refractivity (Wildman–Crippen MR) is 110 cm³/mol. The van der Waals surface area contributed by atoms with Gasteiger partial charge in [0.25, 0.3) is 5.56 Å². The van der Waals surface area contributed by atoms with Crippen LogP contribution in [0.2, 0.25) is 0 Å². The first-order valence-corrected chi connectivity index (χ1v) is 9.55. The number of hydrogen-bond donors (Lipinski definition) is 1. The van der Waals surface area contributed by atoms with Crippen LogP contribution in [0.4, 0.5) is 13.2 Å². The van der Waals surface area contributed by atoms with Crippen LogP contribution in [0, 0.1) is 3.57 Å². The molecule has 5 nitrogen and oxygen atoms in total. The van der Waals surface area contributed by atoms with E-state index < -0.39 is 17.3 Å². The summed E-state index contributed by atoms with van der Waals surface area (Å²) in [6.45, 7) is 0.130. The number of amides is 1. The molecule has 0 atom stereocenters. The topological polar surface area (TPSA) is 64.0 Å². The molecule has 0 radical (unpaired) electrons. The van der Waals surface area contributed by atoms with Gasteiger partial charge in [-0.05, 0) is 52.4 Å². The lowest BCUT2D eigenvalue weighted by molar-refractivity contribution is -0.137. The first-order chi connectivity index (χ1) is 13.7. The highest BCUT2D eigenvalue weighted by Gasteiger charge is 2.30. The maximum absolute atomic E-state index is 12.6. The number of carbonyl (C=O) groups excluding carboxylic acids is 1. The molecular weight excluding hydrogens is 498 g/mol. The second-order valence-electron chi connectivity index (χ2n) is 6.22. The van der Waals surface area contributed by atoms with Gasteiger partial charge in [-0.15, -0.1) is 0 Å². The highest BCUT2D eigenvalue weighted by molar-refractivity contribution is 14.1. The maximum Gasteiger partial charge on any atom is 0.416 e. The summed E-state index contributed by atoms with van der Waals surface area (Å²) in [7, 11) is 0. The van der Waals surface area contributed by atoms with Crippen molar-refractivity contribution in [1.29, 1.82) is 0 Å². The Bertz CT molecular complexity index is 1060. The van der Waals surface area contributed by atoms with Gasteiger partial charge in [0, 0.05) is 21.7 Å². The third-order valence-electron chi connectivity index (χ3n) is 4.10. The first kappa shape index (κ1) is 21.0. The molecule has 0 bridgehead atoms. The SMILES string of the molecule is O=C(Cn1cnc(-c2ccc(C(F)(F)F)cc2)cc1=O)NCc1ccc(I)cc1. The van der Waals surface area contributed by atoms with Gasteiger partial charge < -0.3 is 5.32 Å². The zero-order valence-electron chi connectivity index (χ0n) is 14.9. The van der Waals surface area contributed by atoms with Crippen molar-refractivity contribution in [1.82, 2.24) is 14.9 Å². The van der Waals surface area contributed by atoms with Crippen LogP contribution in [0.1, 0.15) is 11.1 Å². The summed E-state index contributed by atoms with van der Waals surface area (Å²) in [6, 6.07) is 13.2. The van der Waals surface area contributed by atoms with Gasteiger partial charge in [-0.2, -0.15) is 13.2 Å². The van der Waals surface area contributed by atoms with Crippen molar-refractivity contribution < 1.29 is 18.0 Å². The van der Waals surface area contributed by atoms with Crippen LogP contribution < -0.4 is 10.9 Å². The Balaban J connectivity index is 1.65. The molecule has 0 fully saturated rings. The van der Waals surface area contributed by atoms with Crippen LogP contribution in [0.25, 0.3) is 11.3 Å². The zero-order valence-corrected chi connectivity index (χ0v) is 17.1. The molecule has 0 unspecified atom stereocenters. The lowest BCUT2D eigenvalue weighted by Gasteiger charge is -2.09. The Hall–Kier alpha value is -2.69. The van der Waals surface area contributed by atoms with Gasteiger partial charge in [-0.25, -0.2) is 4.98 Å². The average Bonchev–Trinajstić information content (AvgIpc) is 2.68. The van der Waals surface area contributed by atoms with E-state index in [1.54, 1.807) is 0 Å². The summed E-state index contributed by atoms with van der Waals surface area (Å²) in [6.07, 6.45) is -3.22. The van der Waals surface area contributed by atoms with Crippen molar-refractivity contribution in [2.24, 2.45) is 0 Å². The molecular formula is C20H15F3IN3O2. The number of nitrogens with zero attached hydrogens (tertiary/aromatic N) is 2. The lowest BCUT2D eigenvalue weighted by atomic mass is 10.1. The van der Waals surface area contributed by atoms with E-state index in [-0.39, 0.29) is 18.1 Å². The molecule has 0 aliphatic carbocycles. The van der Waals surface area contributed by atoms with Gasteiger partial charge in [0.1, 0.15) is 6.54 Å². The molecule has 150 valence electrons. The number of benzene rings is 2. The quantitative estimate of drug-likeness (QED) is 0.528. The Morgan fingerprint density at radius 3 is 2.31 bits per heavy atom. The Morgan fingerprint density at radius 1 is 1.07 bits per heavy atom. The zero-order chi connectivity index (χ0) is 21.0. The summed E-state index contributed by atoms with van der Waals surface area (Å²) in [5.41, 5.74) is 0.297. The molecule has 1 heterocycles. The van der Waals surface area contributed by atoms with Crippen LogP contribution >= 0.6 is 22.6 Å². The number of rotatable bonds is 5. The number of aromatic nitrogens is 2. The van der Waals surface area contributed by atoms with E-state index in [4.69, 9.17) is 0 Å².